The van der Waals surface area contributed by atoms with Crippen LogP contribution in [-0.4, -0.2) is 32.1 Å². The predicted molar refractivity (Wildman–Crippen MR) is 134 cm³/mol. The van der Waals surface area contributed by atoms with Gasteiger partial charge in [0, 0.05) is 36.4 Å². The van der Waals surface area contributed by atoms with Crippen LogP contribution in [0.15, 0.2) is 77.1 Å². The SMILES string of the molecule is COCCOC(=O)C1=C(C)NC2=C(C(=O)CC(C)(C)C2)[C@H]1c1cccc(OCc2ccccc2)c1. The van der Waals surface area contributed by atoms with Gasteiger partial charge in [-0.05, 0) is 42.0 Å². The molecule has 4 rings (SSSR count). The Bertz CT molecular complexity index is 1160. The highest BCUT2D eigenvalue weighted by atomic mass is 16.6. The zero-order valence-corrected chi connectivity index (χ0v) is 20.9. The summed E-state index contributed by atoms with van der Waals surface area (Å²) in [6.07, 6.45) is 1.16. The molecule has 0 saturated carbocycles. The van der Waals surface area contributed by atoms with Gasteiger partial charge in [-0.3, -0.25) is 4.79 Å². The molecule has 1 aliphatic carbocycles. The number of Topliss-reactive ketones (excluding diaryl/α,β-unsaturated/α-hetero) is 1. The molecule has 0 fully saturated rings. The normalized spacial score (nSPS) is 19.2. The number of nitrogens with one attached hydrogen (secondary N) is 1. The Hall–Kier alpha value is -3.38. The molecule has 184 valence electrons. The van der Waals surface area contributed by atoms with Gasteiger partial charge in [0.05, 0.1) is 12.2 Å². The number of benzene rings is 2. The van der Waals surface area contributed by atoms with Gasteiger partial charge >= 0.3 is 5.97 Å². The Kier molecular flexibility index (Phi) is 7.41. The number of ketones is 1. The van der Waals surface area contributed by atoms with Crippen LogP contribution in [-0.2, 0) is 25.7 Å². The number of carbonyl (C=O) groups is 2. The molecule has 0 unspecified atom stereocenters. The topological polar surface area (TPSA) is 73.9 Å². The maximum absolute atomic E-state index is 13.4. The van der Waals surface area contributed by atoms with Crippen LogP contribution in [0.1, 0.15) is 50.7 Å². The predicted octanol–water partition coefficient (Wildman–Crippen LogP) is 5.06. The molecule has 0 amide bonds. The Morgan fingerprint density at radius 1 is 1.06 bits per heavy atom. The van der Waals surface area contributed by atoms with E-state index in [-0.39, 0.29) is 17.8 Å². The van der Waals surface area contributed by atoms with Crippen molar-refractivity contribution in [3.8, 4) is 5.75 Å². The second kappa shape index (κ2) is 10.5. The molecule has 6 nitrogen and oxygen atoms in total. The van der Waals surface area contributed by atoms with Crippen LogP contribution in [0.5, 0.6) is 5.75 Å². The first-order chi connectivity index (χ1) is 16.8. The van der Waals surface area contributed by atoms with Gasteiger partial charge in [-0.1, -0.05) is 56.3 Å². The molecule has 0 spiro atoms. The van der Waals surface area contributed by atoms with Gasteiger partial charge in [0.1, 0.15) is 19.0 Å². The fourth-order valence-corrected chi connectivity index (χ4v) is 4.86. The first-order valence-electron chi connectivity index (χ1n) is 12.0. The zero-order valence-electron chi connectivity index (χ0n) is 20.9. The second-order valence-corrected chi connectivity index (χ2v) is 9.91. The van der Waals surface area contributed by atoms with Crippen LogP contribution in [0.4, 0.5) is 0 Å². The van der Waals surface area contributed by atoms with Crippen molar-refractivity contribution in [2.45, 2.75) is 46.1 Å². The monoisotopic (exact) mass is 475 g/mol. The number of rotatable bonds is 8. The molecular formula is C29H33NO5. The Morgan fingerprint density at radius 2 is 1.83 bits per heavy atom. The molecular weight excluding hydrogens is 442 g/mol. The average molecular weight is 476 g/mol. The van der Waals surface area contributed by atoms with E-state index in [1.54, 1.807) is 7.11 Å². The zero-order chi connectivity index (χ0) is 25.0. The number of esters is 1. The lowest BCUT2D eigenvalue weighted by Crippen LogP contribution is -2.38. The number of hydrogen-bond donors (Lipinski definition) is 1. The van der Waals surface area contributed by atoms with Crippen LogP contribution >= 0.6 is 0 Å². The van der Waals surface area contributed by atoms with Crippen molar-refractivity contribution in [2.75, 3.05) is 20.3 Å². The van der Waals surface area contributed by atoms with Gasteiger partial charge in [-0.2, -0.15) is 0 Å². The highest BCUT2D eigenvalue weighted by Crippen LogP contribution is 2.47. The molecule has 1 heterocycles. The fourth-order valence-electron chi connectivity index (χ4n) is 4.86. The lowest BCUT2D eigenvalue weighted by atomic mass is 9.68. The van der Waals surface area contributed by atoms with Crippen LogP contribution in [0.3, 0.4) is 0 Å². The van der Waals surface area contributed by atoms with Gasteiger partial charge in [-0.15, -0.1) is 0 Å². The third-order valence-corrected chi connectivity index (χ3v) is 6.42. The van der Waals surface area contributed by atoms with E-state index in [1.165, 1.54) is 0 Å². The van der Waals surface area contributed by atoms with E-state index in [2.05, 4.69) is 19.2 Å². The minimum Gasteiger partial charge on any atom is -0.489 e. The van der Waals surface area contributed by atoms with Crippen molar-refractivity contribution >= 4 is 11.8 Å². The average Bonchev–Trinajstić information content (AvgIpc) is 2.82. The van der Waals surface area contributed by atoms with Crippen molar-refractivity contribution in [1.82, 2.24) is 5.32 Å². The van der Waals surface area contributed by atoms with Gasteiger partial charge in [0.2, 0.25) is 0 Å². The molecule has 35 heavy (non-hydrogen) atoms. The summed E-state index contributed by atoms with van der Waals surface area (Å²) in [5.41, 5.74) is 4.44. The van der Waals surface area contributed by atoms with E-state index in [0.717, 1.165) is 23.2 Å². The molecule has 0 radical (unpaired) electrons. The molecule has 0 bridgehead atoms. The quantitative estimate of drug-likeness (QED) is 0.425. The smallest absolute Gasteiger partial charge is 0.336 e. The van der Waals surface area contributed by atoms with Gasteiger partial charge in [-0.25, -0.2) is 4.79 Å². The van der Waals surface area contributed by atoms with E-state index < -0.39 is 11.9 Å². The Morgan fingerprint density at radius 3 is 2.57 bits per heavy atom. The van der Waals surface area contributed by atoms with E-state index in [4.69, 9.17) is 14.2 Å². The summed E-state index contributed by atoms with van der Waals surface area (Å²) in [5.74, 6) is -0.235. The maximum Gasteiger partial charge on any atom is 0.336 e. The molecule has 0 aromatic heterocycles. The number of dihydropyridines is 1. The van der Waals surface area contributed by atoms with Crippen LogP contribution in [0, 0.1) is 5.41 Å². The van der Waals surface area contributed by atoms with Crippen molar-refractivity contribution in [3.63, 3.8) is 0 Å². The van der Waals surface area contributed by atoms with Gasteiger partial charge in [0.15, 0.2) is 5.78 Å². The molecule has 2 aromatic rings. The summed E-state index contributed by atoms with van der Waals surface area (Å²) in [5, 5.41) is 3.36. The van der Waals surface area contributed by atoms with Crippen LogP contribution < -0.4 is 10.1 Å². The first-order valence-corrected chi connectivity index (χ1v) is 12.0. The van der Waals surface area contributed by atoms with Crippen molar-refractivity contribution in [1.29, 1.82) is 0 Å². The number of ether oxygens (including phenoxy) is 3. The Labute approximate surface area is 207 Å². The molecule has 1 atom stereocenters. The minimum absolute atomic E-state index is 0.0547. The lowest BCUT2D eigenvalue weighted by molar-refractivity contribution is -0.140. The summed E-state index contributed by atoms with van der Waals surface area (Å²) in [7, 11) is 1.56. The third-order valence-electron chi connectivity index (χ3n) is 6.42. The lowest BCUT2D eigenvalue weighted by Gasteiger charge is -2.39. The Balaban J connectivity index is 1.71. The van der Waals surface area contributed by atoms with E-state index >= 15 is 0 Å². The van der Waals surface area contributed by atoms with Crippen LogP contribution in [0.2, 0.25) is 0 Å². The number of carbonyl (C=O) groups excluding carboxylic acids is 2. The summed E-state index contributed by atoms with van der Waals surface area (Å²) in [4.78, 5) is 26.7. The van der Waals surface area contributed by atoms with Gasteiger partial charge < -0.3 is 19.5 Å². The summed E-state index contributed by atoms with van der Waals surface area (Å²) in [6.45, 7) is 6.93. The number of hydrogen-bond acceptors (Lipinski definition) is 6. The molecule has 1 N–H and O–H groups in total. The van der Waals surface area contributed by atoms with E-state index in [9.17, 15) is 9.59 Å². The van der Waals surface area contributed by atoms with E-state index in [1.807, 2.05) is 61.5 Å². The van der Waals surface area contributed by atoms with Crippen molar-refractivity contribution in [2.24, 2.45) is 5.41 Å². The molecule has 0 saturated heterocycles. The third kappa shape index (κ3) is 5.65. The standard InChI is InChI=1S/C29H33NO5/c1-19-25(28(32)34-14-13-33-4)26(27-23(30-19)16-29(2,3)17-24(27)31)21-11-8-12-22(15-21)35-18-20-9-6-5-7-10-20/h5-12,15,26,30H,13-14,16-18H2,1-4H3/t26-/m0/s1. The number of methoxy groups -OCH3 is 1. The molecule has 6 heteroatoms. The summed E-state index contributed by atoms with van der Waals surface area (Å²) in [6, 6.07) is 17.6. The summed E-state index contributed by atoms with van der Waals surface area (Å²) < 4.78 is 16.6. The highest BCUT2D eigenvalue weighted by molar-refractivity contribution is 6.04. The molecule has 2 aromatic carbocycles. The van der Waals surface area contributed by atoms with Crippen molar-refractivity contribution in [3.05, 3.63) is 88.3 Å². The fraction of sp³-hybridized carbons (Fsp3) is 0.379. The van der Waals surface area contributed by atoms with Gasteiger partial charge in [0.25, 0.3) is 0 Å². The highest BCUT2D eigenvalue weighted by Gasteiger charge is 2.43. The van der Waals surface area contributed by atoms with Crippen LogP contribution in [0.25, 0.3) is 0 Å². The van der Waals surface area contributed by atoms with E-state index in [0.29, 0.717) is 42.2 Å². The molecule has 1 aliphatic heterocycles. The largest absolute Gasteiger partial charge is 0.489 e. The maximum atomic E-state index is 13.4. The second-order valence-electron chi connectivity index (χ2n) is 9.91. The van der Waals surface area contributed by atoms with Crippen molar-refractivity contribution < 1.29 is 23.8 Å². The minimum atomic E-state index is -0.523. The summed E-state index contributed by atoms with van der Waals surface area (Å²) >= 11 is 0. The number of allylic oxidation sites excluding steroid dienone is 3. The molecule has 2 aliphatic rings. The first kappa shape index (κ1) is 24.7.